The Balaban J connectivity index is 2.94. The lowest BCUT2D eigenvalue weighted by Gasteiger charge is -2.28. The van der Waals surface area contributed by atoms with Gasteiger partial charge >= 0.3 is 0 Å². The van der Waals surface area contributed by atoms with Crippen molar-refractivity contribution in [3.63, 3.8) is 0 Å². The summed E-state index contributed by atoms with van der Waals surface area (Å²) in [6, 6.07) is 5.75. The van der Waals surface area contributed by atoms with Crippen LogP contribution in [0.4, 0.5) is 0 Å². The van der Waals surface area contributed by atoms with Crippen molar-refractivity contribution in [2.24, 2.45) is 5.14 Å². The highest BCUT2D eigenvalue weighted by Gasteiger charge is 2.21. The molecule has 0 aliphatic rings. The maximum atomic E-state index is 12.4. The van der Waals surface area contributed by atoms with Crippen LogP contribution in [-0.2, 0) is 19.6 Å². The molecule has 1 atom stereocenters. The van der Waals surface area contributed by atoms with Crippen LogP contribution in [0.5, 0.6) is 0 Å². The topological polar surface area (TPSA) is 101 Å². The fraction of sp³-hybridized carbons (Fsp3) is 0.375. The molecule has 0 spiro atoms. The largest absolute Gasteiger partial charge is 0.337 e. The Morgan fingerprint density at radius 3 is 2.50 bits per heavy atom. The molecule has 0 radical (unpaired) electrons. The summed E-state index contributed by atoms with van der Waals surface area (Å²) >= 11 is 0. The first-order chi connectivity index (χ1) is 11.1. The Morgan fingerprint density at radius 1 is 1.38 bits per heavy atom. The summed E-state index contributed by atoms with van der Waals surface area (Å²) in [6.45, 7) is 7.27. The molecule has 0 aliphatic carbocycles. The molecule has 24 heavy (non-hydrogen) atoms. The Labute approximate surface area is 142 Å². The van der Waals surface area contributed by atoms with Gasteiger partial charge in [-0.15, -0.1) is 0 Å². The van der Waals surface area contributed by atoms with Gasteiger partial charge in [-0.1, -0.05) is 18.7 Å². The normalized spacial score (nSPS) is 12.3. The van der Waals surface area contributed by atoms with Gasteiger partial charge < -0.3 is 9.80 Å². The zero-order valence-electron chi connectivity index (χ0n) is 14.1. The van der Waals surface area contributed by atoms with E-state index in [1.54, 1.807) is 33.0 Å². The zero-order valence-corrected chi connectivity index (χ0v) is 14.9. The van der Waals surface area contributed by atoms with Gasteiger partial charge in [-0.25, -0.2) is 13.6 Å². The summed E-state index contributed by atoms with van der Waals surface area (Å²) in [5.41, 5.74) is 0.635. The van der Waals surface area contributed by atoms with Gasteiger partial charge in [0.1, 0.15) is 6.54 Å². The van der Waals surface area contributed by atoms with Crippen LogP contribution in [-0.4, -0.2) is 50.2 Å². The number of benzene rings is 1. The molecule has 2 N–H and O–H groups in total. The van der Waals surface area contributed by atoms with Gasteiger partial charge in [0.05, 0.1) is 10.9 Å². The number of sulfonamides is 1. The molecular weight excluding hydrogens is 330 g/mol. The predicted octanol–water partition coefficient (Wildman–Crippen LogP) is 0.888. The average Bonchev–Trinajstić information content (AvgIpc) is 2.56. The summed E-state index contributed by atoms with van der Waals surface area (Å²) in [7, 11) is -2.21. The maximum absolute atomic E-state index is 12.4. The van der Waals surface area contributed by atoms with Gasteiger partial charge in [0.25, 0.3) is 0 Å². The molecule has 1 aromatic rings. The molecule has 0 saturated heterocycles. The van der Waals surface area contributed by atoms with Crippen LogP contribution in [0.15, 0.2) is 41.8 Å². The Kier molecular flexibility index (Phi) is 6.68. The van der Waals surface area contributed by atoms with Crippen LogP contribution in [0, 0.1) is 0 Å². The second kappa shape index (κ2) is 8.07. The van der Waals surface area contributed by atoms with Gasteiger partial charge in [0, 0.05) is 13.6 Å². The predicted molar refractivity (Wildman–Crippen MR) is 91.5 cm³/mol. The Morgan fingerprint density at radius 2 is 2.00 bits per heavy atom. The first-order valence-electron chi connectivity index (χ1n) is 7.41. The molecular formula is C16H23N3O4S. The third-order valence-electron chi connectivity index (χ3n) is 3.84. The van der Waals surface area contributed by atoms with Crippen molar-refractivity contribution in [1.82, 2.24) is 9.80 Å². The van der Waals surface area contributed by atoms with Crippen LogP contribution >= 0.6 is 0 Å². The van der Waals surface area contributed by atoms with Gasteiger partial charge in [-0.2, -0.15) is 0 Å². The molecule has 1 aromatic carbocycles. The lowest BCUT2D eigenvalue weighted by atomic mass is 10.1. The number of nitrogens with zero attached hydrogens (tertiary/aromatic N) is 2. The molecule has 0 saturated carbocycles. The van der Waals surface area contributed by atoms with Crippen molar-refractivity contribution < 1.29 is 18.0 Å². The van der Waals surface area contributed by atoms with E-state index >= 15 is 0 Å². The van der Waals surface area contributed by atoms with Crippen molar-refractivity contribution >= 4 is 21.8 Å². The van der Waals surface area contributed by atoms with Crippen molar-refractivity contribution in [3.05, 3.63) is 42.5 Å². The SMILES string of the molecule is C=CC(=O)N(CC)CC(=O)N(C)C(C)c1cccc(S(N)(=O)=O)c1. The zero-order chi connectivity index (χ0) is 18.5. The molecule has 0 bridgehead atoms. The van der Waals surface area contributed by atoms with Crippen molar-refractivity contribution in [2.75, 3.05) is 20.1 Å². The second-order valence-electron chi connectivity index (χ2n) is 5.35. The van der Waals surface area contributed by atoms with E-state index in [2.05, 4.69) is 6.58 Å². The van der Waals surface area contributed by atoms with Crippen molar-refractivity contribution in [2.45, 2.75) is 24.8 Å². The van der Waals surface area contributed by atoms with Crippen LogP contribution in [0.25, 0.3) is 0 Å². The van der Waals surface area contributed by atoms with E-state index in [0.29, 0.717) is 12.1 Å². The van der Waals surface area contributed by atoms with Crippen molar-refractivity contribution in [1.29, 1.82) is 0 Å². The molecule has 7 nitrogen and oxygen atoms in total. The van der Waals surface area contributed by atoms with Crippen LogP contribution in [0.1, 0.15) is 25.5 Å². The Bertz CT molecular complexity index is 731. The molecule has 0 fully saturated rings. The third-order valence-corrected chi connectivity index (χ3v) is 4.75. The minimum Gasteiger partial charge on any atom is -0.337 e. The van der Waals surface area contributed by atoms with E-state index in [-0.39, 0.29) is 29.3 Å². The van der Waals surface area contributed by atoms with E-state index in [9.17, 15) is 18.0 Å². The minimum atomic E-state index is -3.81. The number of hydrogen-bond donors (Lipinski definition) is 1. The van der Waals surface area contributed by atoms with Crippen molar-refractivity contribution in [3.8, 4) is 0 Å². The highest BCUT2D eigenvalue weighted by molar-refractivity contribution is 7.89. The number of primary sulfonamides is 1. The number of likely N-dealkylation sites (N-methyl/N-ethyl adjacent to an activating group) is 2. The number of rotatable bonds is 7. The standard InChI is InChI=1S/C16H23N3O4S/c1-5-15(20)19(6-2)11-16(21)18(4)12(3)13-8-7-9-14(10-13)24(17,22)23/h5,7-10,12H,1,6,11H2,2-4H3,(H2,17,22,23). The smallest absolute Gasteiger partial charge is 0.246 e. The van der Waals surface area contributed by atoms with Crippen LogP contribution < -0.4 is 5.14 Å². The van der Waals surface area contributed by atoms with Crippen LogP contribution in [0.2, 0.25) is 0 Å². The molecule has 1 unspecified atom stereocenters. The van der Waals surface area contributed by atoms with Gasteiger partial charge in [-0.3, -0.25) is 9.59 Å². The molecule has 132 valence electrons. The lowest BCUT2D eigenvalue weighted by Crippen LogP contribution is -2.41. The van der Waals surface area contributed by atoms with E-state index in [0.717, 1.165) is 6.08 Å². The van der Waals surface area contributed by atoms with E-state index in [1.165, 1.54) is 21.9 Å². The summed E-state index contributed by atoms with van der Waals surface area (Å²) in [4.78, 5) is 26.9. The Hall–Kier alpha value is -2.19. The van der Waals surface area contributed by atoms with Crippen LogP contribution in [0.3, 0.4) is 0 Å². The number of carbonyl (C=O) groups excluding carboxylic acids is 2. The van der Waals surface area contributed by atoms with E-state index in [4.69, 9.17) is 5.14 Å². The summed E-state index contributed by atoms with van der Waals surface area (Å²) < 4.78 is 22.9. The molecule has 1 rings (SSSR count). The fourth-order valence-electron chi connectivity index (χ4n) is 2.14. The number of carbonyl (C=O) groups is 2. The van der Waals surface area contributed by atoms with Gasteiger partial charge in [-0.05, 0) is 37.6 Å². The van der Waals surface area contributed by atoms with Gasteiger partial charge in [0.2, 0.25) is 21.8 Å². The lowest BCUT2D eigenvalue weighted by molar-refractivity contribution is -0.138. The molecule has 8 heteroatoms. The molecule has 2 amide bonds. The molecule has 0 aromatic heterocycles. The first kappa shape index (κ1) is 19.9. The summed E-state index contributed by atoms with van der Waals surface area (Å²) in [6.07, 6.45) is 1.16. The minimum absolute atomic E-state index is 0.00952. The fourth-order valence-corrected chi connectivity index (χ4v) is 2.71. The summed E-state index contributed by atoms with van der Waals surface area (Å²) in [5, 5.41) is 5.13. The molecule has 0 aliphatic heterocycles. The summed E-state index contributed by atoms with van der Waals surface area (Å²) in [5.74, 6) is -0.580. The number of hydrogen-bond acceptors (Lipinski definition) is 4. The van der Waals surface area contributed by atoms with E-state index < -0.39 is 10.0 Å². The maximum Gasteiger partial charge on any atom is 0.246 e. The molecule has 0 heterocycles. The second-order valence-corrected chi connectivity index (χ2v) is 6.92. The highest BCUT2D eigenvalue weighted by Crippen LogP contribution is 2.21. The number of amides is 2. The first-order valence-corrected chi connectivity index (χ1v) is 8.96. The van der Waals surface area contributed by atoms with E-state index in [1.807, 2.05) is 0 Å². The average molecular weight is 353 g/mol. The monoisotopic (exact) mass is 353 g/mol. The van der Waals surface area contributed by atoms with Gasteiger partial charge in [0.15, 0.2) is 0 Å². The quantitative estimate of drug-likeness (QED) is 0.736. The number of nitrogens with two attached hydrogens (primary N) is 1. The highest BCUT2D eigenvalue weighted by atomic mass is 32.2. The third kappa shape index (κ3) is 4.90.